The quantitative estimate of drug-likeness (QED) is 0.511. The second-order valence-electron chi connectivity index (χ2n) is 5.62. The summed E-state index contributed by atoms with van der Waals surface area (Å²) in [5.41, 5.74) is 1.88. The van der Waals surface area contributed by atoms with Gasteiger partial charge in [-0.3, -0.25) is 9.36 Å². The van der Waals surface area contributed by atoms with Crippen LogP contribution in [0.25, 0.3) is 5.69 Å². The first kappa shape index (κ1) is 19.2. The lowest BCUT2D eigenvalue weighted by Crippen LogP contribution is -2.22. The van der Waals surface area contributed by atoms with Crippen LogP contribution in [0.15, 0.2) is 66.0 Å². The average Bonchev–Trinajstić information content (AvgIpc) is 3.17. The number of nitriles is 1. The van der Waals surface area contributed by atoms with E-state index >= 15 is 0 Å². The van der Waals surface area contributed by atoms with Gasteiger partial charge in [0.2, 0.25) is 0 Å². The molecule has 3 aromatic rings. The predicted molar refractivity (Wildman–Crippen MR) is 105 cm³/mol. The summed E-state index contributed by atoms with van der Waals surface area (Å²) >= 11 is 1.40. The molecule has 0 aliphatic carbocycles. The SMILES string of the molecule is CSc1ncc(C(=O)OCC(=O)Nc2cccc(C#N)c2)n1-c1ccccc1. The molecule has 0 atom stereocenters. The van der Waals surface area contributed by atoms with Crippen molar-refractivity contribution >= 4 is 29.3 Å². The monoisotopic (exact) mass is 392 g/mol. The van der Waals surface area contributed by atoms with Crippen LogP contribution in [0, 0.1) is 11.3 Å². The first-order valence-corrected chi connectivity index (χ1v) is 9.49. The fourth-order valence-electron chi connectivity index (χ4n) is 2.52. The van der Waals surface area contributed by atoms with Gasteiger partial charge >= 0.3 is 5.97 Å². The highest BCUT2D eigenvalue weighted by Crippen LogP contribution is 2.22. The van der Waals surface area contributed by atoms with E-state index in [1.54, 1.807) is 22.8 Å². The van der Waals surface area contributed by atoms with Crippen LogP contribution in [-0.4, -0.2) is 34.3 Å². The minimum absolute atomic E-state index is 0.231. The number of nitrogens with one attached hydrogen (secondary N) is 1. The molecule has 0 saturated carbocycles. The summed E-state index contributed by atoms with van der Waals surface area (Å²) in [6.07, 6.45) is 3.29. The number of anilines is 1. The molecule has 8 heteroatoms. The number of amides is 1. The number of hydrogen-bond acceptors (Lipinski definition) is 6. The third-order valence-electron chi connectivity index (χ3n) is 3.75. The Hall–Kier alpha value is -3.57. The zero-order valence-corrected chi connectivity index (χ0v) is 15.8. The molecule has 0 aliphatic rings. The van der Waals surface area contributed by atoms with Crippen molar-refractivity contribution in [1.82, 2.24) is 9.55 Å². The van der Waals surface area contributed by atoms with Crippen molar-refractivity contribution in [1.29, 1.82) is 5.26 Å². The lowest BCUT2D eigenvalue weighted by molar-refractivity contribution is -0.119. The van der Waals surface area contributed by atoms with Gasteiger partial charge < -0.3 is 10.1 Å². The molecule has 1 N–H and O–H groups in total. The fourth-order valence-corrected chi connectivity index (χ4v) is 3.06. The standard InChI is InChI=1S/C20H16N4O3S/c1-28-20-22-12-17(24(20)16-8-3-2-4-9-16)19(26)27-13-18(25)23-15-7-5-6-14(10-15)11-21/h2-10,12H,13H2,1H3,(H,23,25). The van der Waals surface area contributed by atoms with Crippen molar-refractivity contribution in [2.75, 3.05) is 18.2 Å². The highest BCUT2D eigenvalue weighted by atomic mass is 32.2. The largest absolute Gasteiger partial charge is 0.451 e. The molecule has 140 valence electrons. The summed E-state index contributed by atoms with van der Waals surface area (Å²) in [6, 6.07) is 17.8. The van der Waals surface area contributed by atoms with Crippen molar-refractivity contribution in [3.8, 4) is 11.8 Å². The van der Waals surface area contributed by atoms with Crippen molar-refractivity contribution in [2.24, 2.45) is 0 Å². The second-order valence-corrected chi connectivity index (χ2v) is 6.39. The molecule has 0 bridgehead atoms. The van der Waals surface area contributed by atoms with Crippen LogP contribution in [0.1, 0.15) is 16.1 Å². The summed E-state index contributed by atoms with van der Waals surface area (Å²) in [6.45, 7) is -0.454. The van der Waals surface area contributed by atoms with Gasteiger partial charge in [0.15, 0.2) is 17.5 Å². The summed E-state index contributed by atoms with van der Waals surface area (Å²) in [4.78, 5) is 28.8. The molecule has 3 rings (SSSR count). The Morgan fingerprint density at radius 1 is 1.21 bits per heavy atom. The van der Waals surface area contributed by atoms with Gasteiger partial charge in [0.25, 0.3) is 5.91 Å². The van der Waals surface area contributed by atoms with Crippen LogP contribution >= 0.6 is 11.8 Å². The Morgan fingerprint density at radius 3 is 2.71 bits per heavy atom. The number of carbonyl (C=O) groups excluding carboxylic acids is 2. The van der Waals surface area contributed by atoms with Crippen molar-refractivity contribution < 1.29 is 14.3 Å². The van der Waals surface area contributed by atoms with Crippen molar-refractivity contribution in [3.05, 3.63) is 72.1 Å². The normalized spacial score (nSPS) is 10.1. The number of carbonyl (C=O) groups is 2. The number of esters is 1. The van der Waals surface area contributed by atoms with Crippen LogP contribution in [0.2, 0.25) is 0 Å². The lowest BCUT2D eigenvalue weighted by Gasteiger charge is -2.11. The molecule has 28 heavy (non-hydrogen) atoms. The van der Waals surface area contributed by atoms with Crippen LogP contribution in [0.4, 0.5) is 5.69 Å². The number of hydrogen-bond donors (Lipinski definition) is 1. The topological polar surface area (TPSA) is 97.0 Å². The molecule has 7 nitrogen and oxygen atoms in total. The lowest BCUT2D eigenvalue weighted by atomic mass is 10.2. The zero-order valence-electron chi connectivity index (χ0n) is 15.0. The molecule has 0 unspecified atom stereocenters. The first-order valence-electron chi connectivity index (χ1n) is 8.26. The van der Waals surface area contributed by atoms with Gasteiger partial charge in [0.05, 0.1) is 17.8 Å². The number of imidazole rings is 1. The predicted octanol–water partition coefficient (Wildman–Crippen LogP) is 3.26. The van der Waals surface area contributed by atoms with Gasteiger partial charge in [-0.2, -0.15) is 5.26 Å². The average molecular weight is 392 g/mol. The Balaban J connectivity index is 1.69. The molecule has 1 heterocycles. The van der Waals surface area contributed by atoms with Crippen LogP contribution < -0.4 is 5.32 Å². The molecule has 1 aromatic heterocycles. The van der Waals surface area contributed by atoms with Gasteiger partial charge in [-0.15, -0.1) is 0 Å². The number of thioether (sulfide) groups is 1. The Bertz CT molecular complexity index is 1040. The fraction of sp³-hybridized carbons (Fsp3) is 0.100. The van der Waals surface area contributed by atoms with Crippen LogP contribution in [-0.2, 0) is 9.53 Å². The van der Waals surface area contributed by atoms with Gasteiger partial charge in [0, 0.05) is 11.4 Å². The molecule has 2 aromatic carbocycles. The Morgan fingerprint density at radius 2 is 2.00 bits per heavy atom. The van der Waals surface area contributed by atoms with E-state index in [0.717, 1.165) is 5.69 Å². The maximum atomic E-state index is 12.5. The van der Waals surface area contributed by atoms with Gasteiger partial charge in [0.1, 0.15) is 0 Å². The maximum absolute atomic E-state index is 12.5. The third kappa shape index (κ3) is 4.39. The van der Waals surface area contributed by atoms with Gasteiger partial charge in [-0.25, -0.2) is 9.78 Å². The number of aromatic nitrogens is 2. The van der Waals surface area contributed by atoms with E-state index in [-0.39, 0.29) is 5.69 Å². The Kier molecular flexibility index (Phi) is 6.09. The number of benzene rings is 2. The summed E-state index contributed by atoms with van der Waals surface area (Å²) in [5.74, 6) is -1.16. The number of ether oxygens (including phenoxy) is 1. The highest BCUT2D eigenvalue weighted by Gasteiger charge is 2.19. The molecule has 1 amide bonds. The Labute approximate surface area is 166 Å². The molecule has 0 radical (unpaired) electrons. The van der Waals surface area contributed by atoms with Gasteiger partial charge in [-0.05, 0) is 36.6 Å². The first-order chi connectivity index (χ1) is 13.6. The van der Waals surface area contributed by atoms with Crippen molar-refractivity contribution in [2.45, 2.75) is 5.16 Å². The molecular weight excluding hydrogens is 376 g/mol. The van der Waals surface area contributed by atoms with Crippen LogP contribution in [0.5, 0.6) is 0 Å². The van der Waals surface area contributed by atoms with Gasteiger partial charge in [-0.1, -0.05) is 36.0 Å². The van der Waals surface area contributed by atoms with Crippen molar-refractivity contribution in [3.63, 3.8) is 0 Å². The molecule has 0 saturated heterocycles. The number of nitrogens with zero attached hydrogens (tertiary/aromatic N) is 3. The third-order valence-corrected chi connectivity index (χ3v) is 4.40. The molecule has 0 fully saturated rings. The minimum atomic E-state index is -0.655. The van der Waals surface area contributed by atoms with E-state index in [4.69, 9.17) is 10.00 Å². The second kappa shape index (κ2) is 8.88. The van der Waals surface area contributed by atoms with E-state index in [2.05, 4.69) is 10.3 Å². The van der Waals surface area contributed by atoms with E-state index < -0.39 is 18.5 Å². The highest BCUT2D eigenvalue weighted by molar-refractivity contribution is 7.98. The van der Waals surface area contributed by atoms with Crippen LogP contribution in [0.3, 0.4) is 0 Å². The van der Waals surface area contributed by atoms with E-state index in [0.29, 0.717) is 16.4 Å². The van der Waals surface area contributed by atoms with E-state index in [1.165, 1.54) is 24.0 Å². The summed E-state index contributed by atoms with van der Waals surface area (Å²) < 4.78 is 6.83. The molecule has 0 aliphatic heterocycles. The summed E-state index contributed by atoms with van der Waals surface area (Å²) in [7, 11) is 0. The smallest absolute Gasteiger partial charge is 0.357 e. The molecule has 0 spiro atoms. The molecular formula is C20H16N4O3S. The zero-order chi connectivity index (χ0) is 19.9. The maximum Gasteiger partial charge on any atom is 0.357 e. The van der Waals surface area contributed by atoms with E-state index in [9.17, 15) is 9.59 Å². The van der Waals surface area contributed by atoms with E-state index in [1.807, 2.05) is 42.7 Å². The number of rotatable bonds is 6. The minimum Gasteiger partial charge on any atom is -0.451 e. The number of para-hydroxylation sites is 1. The summed E-state index contributed by atoms with van der Waals surface area (Å²) in [5, 5.41) is 12.1.